The molecule has 1 aromatic heterocycles. The summed E-state index contributed by atoms with van der Waals surface area (Å²) >= 11 is 0. The molecule has 2 aromatic carbocycles. The summed E-state index contributed by atoms with van der Waals surface area (Å²) < 4.78 is 29.0. The minimum atomic E-state index is -0.695. The number of furan rings is 1. The molecule has 5 nitrogen and oxygen atoms in total. The largest absolute Gasteiger partial charge is 0.460 e. The van der Waals surface area contributed by atoms with Gasteiger partial charge in [-0.3, -0.25) is 0 Å². The molecule has 0 unspecified atom stereocenters. The molecule has 0 aliphatic heterocycles. The normalized spacial score (nSPS) is 10.6. The number of hydrogen-bond donors (Lipinski definition) is 0. The third-order valence-electron chi connectivity index (χ3n) is 3.57. The molecule has 0 fully saturated rings. The SMILES string of the molecule is CCOC(=O)c1oc2ccccc2c1COC(=O)c1cccc(F)c1. The number of benzene rings is 2. The fraction of sp³-hybridized carbons (Fsp3) is 0.158. The zero-order valence-electron chi connectivity index (χ0n) is 13.5. The molecule has 128 valence electrons. The maximum Gasteiger partial charge on any atom is 0.374 e. The Morgan fingerprint density at radius 3 is 2.60 bits per heavy atom. The Morgan fingerprint density at radius 2 is 1.84 bits per heavy atom. The minimum absolute atomic E-state index is 0.00454. The van der Waals surface area contributed by atoms with Crippen LogP contribution in [-0.2, 0) is 16.1 Å². The smallest absolute Gasteiger partial charge is 0.374 e. The van der Waals surface area contributed by atoms with E-state index < -0.39 is 17.8 Å². The number of ether oxygens (including phenoxy) is 2. The van der Waals surface area contributed by atoms with E-state index in [1.807, 2.05) is 0 Å². The molecule has 0 atom stereocenters. The van der Waals surface area contributed by atoms with Crippen LogP contribution in [0.25, 0.3) is 11.0 Å². The molecule has 25 heavy (non-hydrogen) atoms. The van der Waals surface area contributed by atoms with Crippen LogP contribution < -0.4 is 0 Å². The van der Waals surface area contributed by atoms with Gasteiger partial charge in [0.1, 0.15) is 18.0 Å². The lowest BCUT2D eigenvalue weighted by Gasteiger charge is -2.06. The lowest BCUT2D eigenvalue weighted by Crippen LogP contribution is -2.10. The first kappa shape index (κ1) is 16.7. The average Bonchev–Trinajstić information content (AvgIpc) is 2.98. The molecule has 0 aliphatic rings. The van der Waals surface area contributed by atoms with Crippen LogP contribution >= 0.6 is 0 Å². The van der Waals surface area contributed by atoms with E-state index in [2.05, 4.69) is 0 Å². The Kier molecular flexibility index (Phi) is 4.79. The highest BCUT2D eigenvalue weighted by Gasteiger charge is 2.23. The standard InChI is InChI=1S/C19H15FO5/c1-2-23-19(22)17-15(14-8-3-4-9-16(14)25-17)11-24-18(21)12-6-5-7-13(20)10-12/h3-10H,2,11H2,1H3. The number of esters is 2. The maximum atomic E-state index is 13.2. The van der Waals surface area contributed by atoms with Gasteiger partial charge in [0.05, 0.1) is 17.7 Å². The first-order valence-electron chi connectivity index (χ1n) is 7.70. The molecule has 3 rings (SSSR count). The van der Waals surface area contributed by atoms with Gasteiger partial charge in [-0.2, -0.15) is 0 Å². The van der Waals surface area contributed by atoms with Crippen LogP contribution in [0.5, 0.6) is 0 Å². The Hall–Kier alpha value is -3.15. The van der Waals surface area contributed by atoms with Gasteiger partial charge >= 0.3 is 11.9 Å². The summed E-state index contributed by atoms with van der Waals surface area (Å²) in [5.41, 5.74) is 0.992. The molecular formula is C19H15FO5. The van der Waals surface area contributed by atoms with Gasteiger partial charge in [0.25, 0.3) is 0 Å². The van der Waals surface area contributed by atoms with Crippen LogP contribution in [0.15, 0.2) is 52.9 Å². The van der Waals surface area contributed by atoms with Crippen molar-refractivity contribution in [3.05, 3.63) is 71.2 Å². The molecule has 0 spiro atoms. The highest BCUT2D eigenvalue weighted by molar-refractivity contribution is 5.96. The molecule has 0 saturated heterocycles. The minimum Gasteiger partial charge on any atom is -0.460 e. The number of hydrogen-bond acceptors (Lipinski definition) is 5. The van der Waals surface area contributed by atoms with Gasteiger partial charge in [0.15, 0.2) is 0 Å². The second kappa shape index (κ2) is 7.17. The summed E-state index contributed by atoms with van der Waals surface area (Å²) in [5.74, 6) is -1.86. The summed E-state index contributed by atoms with van der Waals surface area (Å²) in [5, 5.41) is 0.651. The quantitative estimate of drug-likeness (QED) is 0.653. The second-order valence-corrected chi connectivity index (χ2v) is 5.21. The first-order chi connectivity index (χ1) is 12.1. The zero-order valence-corrected chi connectivity index (χ0v) is 13.5. The van der Waals surface area contributed by atoms with Crippen molar-refractivity contribution in [3.8, 4) is 0 Å². The first-order valence-corrected chi connectivity index (χ1v) is 7.70. The predicted molar refractivity (Wildman–Crippen MR) is 87.7 cm³/mol. The molecule has 0 saturated carbocycles. The highest BCUT2D eigenvalue weighted by atomic mass is 19.1. The number of rotatable bonds is 5. The van der Waals surface area contributed by atoms with Crippen LogP contribution in [0.2, 0.25) is 0 Å². The van der Waals surface area contributed by atoms with E-state index in [9.17, 15) is 14.0 Å². The van der Waals surface area contributed by atoms with Crippen LogP contribution in [-0.4, -0.2) is 18.5 Å². The van der Waals surface area contributed by atoms with E-state index >= 15 is 0 Å². The van der Waals surface area contributed by atoms with E-state index in [0.717, 1.165) is 6.07 Å². The number of carbonyl (C=O) groups excluding carboxylic acids is 2. The molecule has 0 bridgehead atoms. The number of halogens is 1. The third-order valence-corrected chi connectivity index (χ3v) is 3.57. The van der Waals surface area contributed by atoms with Crippen molar-refractivity contribution in [1.82, 2.24) is 0 Å². The molecule has 1 heterocycles. The van der Waals surface area contributed by atoms with Crippen molar-refractivity contribution in [2.45, 2.75) is 13.5 Å². The van der Waals surface area contributed by atoms with E-state index in [1.165, 1.54) is 18.2 Å². The molecule has 6 heteroatoms. The highest BCUT2D eigenvalue weighted by Crippen LogP contribution is 2.27. The van der Waals surface area contributed by atoms with Crippen LogP contribution in [0.1, 0.15) is 33.4 Å². The van der Waals surface area contributed by atoms with Crippen LogP contribution in [0.3, 0.4) is 0 Å². The van der Waals surface area contributed by atoms with Crippen LogP contribution in [0, 0.1) is 5.82 Å². The van der Waals surface area contributed by atoms with Crippen molar-refractivity contribution >= 4 is 22.9 Å². The molecule has 0 radical (unpaired) electrons. The zero-order chi connectivity index (χ0) is 17.8. The van der Waals surface area contributed by atoms with E-state index in [-0.39, 0.29) is 24.5 Å². The van der Waals surface area contributed by atoms with E-state index in [0.29, 0.717) is 16.5 Å². The molecular weight excluding hydrogens is 327 g/mol. The Bertz CT molecular complexity index is 928. The number of carbonyl (C=O) groups is 2. The number of fused-ring (bicyclic) bond motifs is 1. The van der Waals surface area contributed by atoms with Gasteiger partial charge < -0.3 is 13.9 Å². The topological polar surface area (TPSA) is 65.7 Å². The second-order valence-electron chi connectivity index (χ2n) is 5.21. The van der Waals surface area contributed by atoms with Gasteiger partial charge in [-0.05, 0) is 31.2 Å². The molecule has 0 N–H and O–H groups in total. The molecule has 0 amide bonds. The van der Waals surface area contributed by atoms with E-state index in [4.69, 9.17) is 13.9 Å². The fourth-order valence-electron chi connectivity index (χ4n) is 2.44. The van der Waals surface area contributed by atoms with Crippen molar-refractivity contribution in [3.63, 3.8) is 0 Å². The Balaban J connectivity index is 1.88. The Labute approximate surface area is 143 Å². The van der Waals surface area contributed by atoms with E-state index in [1.54, 1.807) is 31.2 Å². The summed E-state index contributed by atoms with van der Waals surface area (Å²) in [7, 11) is 0. The lowest BCUT2D eigenvalue weighted by molar-refractivity contribution is 0.0435. The summed E-state index contributed by atoms with van der Waals surface area (Å²) in [6.07, 6.45) is 0. The van der Waals surface area contributed by atoms with Crippen LogP contribution in [0.4, 0.5) is 4.39 Å². The summed E-state index contributed by atoms with van der Waals surface area (Å²) in [4.78, 5) is 24.2. The lowest BCUT2D eigenvalue weighted by atomic mass is 10.1. The maximum absolute atomic E-state index is 13.2. The average molecular weight is 342 g/mol. The van der Waals surface area contributed by atoms with Gasteiger partial charge in [-0.15, -0.1) is 0 Å². The Morgan fingerprint density at radius 1 is 1.04 bits per heavy atom. The third kappa shape index (κ3) is 3.52. The van der Waals surface area contributed by atoms with Gasteiger partial charge in [0, 0.05) is 5.39 Å². The van der Waals surface area contributed by atoms with Crippen molar-refractivity contribution in [2.75, 3.05) is 6.61 Å². The van der Waals surface area contributed by atoms with Crippen molar-refractivity contribution < 1.29 is 27.9 Å². The van der Waals surface area contributed by atoms with Gasteiger partial charge in [-0.25, -0.2) is 14.0 Å². The predicted octanol–water partition coefficient (Wildman–Crippen LogP) is 4.11. The molecule has 3 aromatic rings. The number of para-hydroxylation sites is 1. The van der Waals surface area contributed by atoms with Crippen molar-refractivity contribution in [2.24, 2.45) is 0 Å². The van der Waals surface area contributed by atoms with Gasteiger partial charge in [0.2, 0.25) is 5.76 Å². The summed E-state index contributed by atoms with van der Waals surface area (Å²) in [6, 6.07) is 12.2. The fourth-order valence-corrected chi connectivity index (χ4v) is 2.44. The molecule has 0 aliphatic carbocycles. The van der Waals surface area contributed by atoms with Crippen molar-refractivity contribution in [1.29, 1.82) is 0 Å². The monoisotopic (exact) mass is 342 g/mol. The van der Waals surface area contributed by atoms with Gasteiger partial charge in [-0.1, -0.05) is 24.3 Å². The summed E-state index contributed by atoms with van der Waals surface area (Å²) in [6.45, 7) is 1.68.